The van der Waals surface area contributed by atoms with Crippen LogP contribution in [0.4, 0.5) is 11.6 Å². The van der Waals surface area contributed by atoms with Gasteiger partial charge in [0.05, 0.1) is 11.4 Å². The average Bonchev–Trinajstić information content (AvgIpc) is 3.56. The normalized spacial score (nSPS) is 13.9. The molecule has 4 rings (SSSR count). The van der Waals surface area contributed by atoms with Gasteiger partial charge < -0.3 is 9.84 Å². The van der Waals surface area contributed by atoms with Gasteiger partial charge in [0.1, 0.15) is 5.69 Å². The second-order valence-electron chi connectivity index (χ2n) is 7.63. The minimum Gasteiger partial charge on any atom is -0.353 e. The topological polar surface area (TPSA) is 92.4 Å². The van der Waals surface area contributed by atoms with E-state index in [0.29, 0.717) is 17.3 Å². The molecule has 0 saturated heterocycles. The smallest absolute Gasteiger partial charge is 0.278 e. The molecule has 1 amide bonds. The third-order valence-corrected chi connectivity index (χ3v) is 5.13. The monoisotopic (exact) mass is 427 g/mol. The van der Waals surface area contributed by atoms with Crippen LogP contribution in [0.2, 0.25) is 0 Å². The third kappa shape index (κ3) is 5.00. The molecule has 0 aliphatic heterocycles. The van der Waals surface area contributed by atoms with Crippen molar-refractivity contribution in [3.8, 4) is 11.3 Å². The summed E-state index contributed by atoms with van der Waals surface area (Å²) in [7, 11) is 0. The van der Waals surface area contributed by atoms with E-state index in [9.17, 15) is 4.79 Å². The van der Waals surface area contributed by atoms with Gasteiger partial charge in [0.2, 0.25) is 5.88 Å². The Kier molecular flexibility index (Phi) is 6.26. The molecule has 0 spiro atoms. The molecule has 1 saturated carbocycles. The second kappa shape index (κ2) is 9.43. The Labute approximate surface area is 187 Å². The van der Waals surface area contributed by atoms with Crippen LogP contribution >= 0.6 is 0 Å². The van der Waals surface area contributed by atoms with E-state index in [1.54, 1.807) is 12.3 Å². The molecule has 1 aliphatic rings. The van der Waals surface area contributed by atoms with Gasteiger partial charge in [-0.2, -0.15) is 0 Å². The number of amides is 1. The van der Waals surface area contributed by atoms with E-state index < -0.39 is 0 Å². The number of allylic oxidation sites excluding steroid dienone is 2. The Morgan fingerprint density at radius 2 is 1.97 bits per heavy atom. The molecule has 0 unspecified atom stereocenters. The van der Waals surface area contributed by atoms with Crippen molar-refractivity contribution in [1.82, 2.24) is 10.1 Å². The molecule has 2 heterocycles. The van der Waals surface area contributed by atoms with Crippen molar-refractivity contribution >= 4 is 23.7 Å². The highest BCUT2D eigenvalue weighted by Crippen LogP contribution is 2.39. The van der Waals surface area contributed by atoms with Crippen LogP contribution in [0.5, 0.6) is 0 Å². The fraction of sp³-hybridized carbons (Fsp3) is 0.200. The summed E-state index contributed by atoms with van der Waals surface area (Å²) < 4.78 is 5.35. The van der Waals surface area contributed by atoms with E-state index in [1.807, 2.05) is 56.3 Å². The molecule has 1 fully saturated rings. The van der Waals surface area contributed by atoms with Crippen molar-refractivity contribution < 1.29 is 9.32 Å². The number of aromatic nitrogens is 2. The first-order valence-corrected chi connectivity index (χ1v) is 10.5. The number of hydrogen-bond donors (Lipinski definition) is 2. The third-order valence-electron chi connectivity index (χ3n) is 5.13. The number of aryl methyl sites for hydroxylation is 1. The van der Waals surface area contributed by atoms with Gasteiger partial charge in [-0.05, 0) is 38.8 Å². The van der Waals surface area contributed by atoms with Crippen LogP contribution in [0.1, 0.15) is 47.4 Å². The first-order valence-electron chi connectivity index (χ1n) is 10.5. The summed E-state index contributed by atoms with van der Waals surface area (Å²) >= 11 is 0. The fourth-order valence-electron chi connectivity index (χ4n) is 3.19. The zero-order valence-corrected chi connectivity index (χ0v) is 18.1. The lowest BCUT2D eigenvalue weighted by Crippen LogP contribution is -2.17. The number of carbonyl (C=O) groups excluding carboxylic acids is 1. The number of hydrogen-bond acceptors (Lipinski definition) is 6. The molecule has 2 N–H and O–H groups in total. The lowest BCUT2D eigenvalue weighted by molar-refractivity contribution is 0.101. The van der Waals surface area contributed by atoms with Gasteiger partial charge in [-0.25, -0.2) is 4.98 Å². The summed E-state index contributed by atoms with van der Waals surface area (Å²) in [4.78, 5) is 21.8. The first kappa shape index (κ1) is 21.2. The van der Waals surface area contributed by atoms with Crippen LogP contribution in [-0.4, -0.2) is 22.3 Å². The lowest BCUT2D eigenvalue weighted by atomic mass is 10.1. The number of benzene rings is 1. The molecule has 32 heavy (non-hydrogen) atoms. The molecule has 0 radical (unpaired) electrons. The highest BCUT2D eigenvalue weighted by molar-refractivity contribution is 6.06. The molecular formula is C25H25N5O2. The van der Waals surface area contributed by atoms with Gasteiger partial charge in [-0.3, -0.25) is 15.1 Å². The van der Waals surface area contributed by atoms with Crippen LogP contribution in [-0.2, 0) is 0 Å². The molecule has 3 aromatic rings. The molecule has 1 aromatic carbocycles. The largest absolute Gasteiger partial charge is 0.353 e. The molecule has 7 heteroatoms. The van der Waals surface area contributed by atoms with Crippen LogP contribution < -0.4 is 10.6 Å². The maximum Gasteiger partial charge on any atom is 0.278 e. The van der Waals surface area contributed by atoms with Crippen LogP contribution in [0.15, 0.2) is 76.5 Å². The van der Waals surface area contributed by atoms with E-state index in [-0.39, 0.29) is 17.5 Å². The van der Waals surface area contributed by atoms with Gasteiger partial charge in [0, 0.05) is 35.7 Å². The maximum absolute atomic E-state index is 13.1. The molecular weight excluding hydrogens is 402 g/mol. The standard InChI is InChI=1S/C25H25N5O2/c1-4-19(15-26-5-2)27-21-13-12-20(17-10-11-17)28-24(21)25(31)29-23-14-22(30-32-23)18-8-6-16(3)7-9-18/h4-9,12-15,17,27H,2,10-11H2,1,3H3,(H,29,31)/b19-4+,26-15?. The lowest BCUT2D eigenvalue weighted by Gasteiger charge is -2.12. The Hall–Kier alpha value is -4.00. The van der Waals surface area contributed by atoms with Crippen LogP contribution in [0.3, 0.4) is 0 Å². The predicted octanol–water partition coefficient (Wildman–Crippen LogP) is 5.70. The van der Waals surface area contributed by atoms with Crippen molar-refractivity contribution in [3.63, 3.8) is 0 Å². The van der Waals surface area contributed by atoms with Gasteiger partial charge >= 0.3 is 0 Å². The number of anilines is 2. The van der Waals surface area contributed by atoms with Gasteiger partial charge in [0.25, 0.3) is 5.91 Å². The van der Waals surface area contributed by atoms with Crippen molar-refractivity contribution in [2.75, 3.05) is 10.6 Å². The van der Waals surface area contributed by atoms with E-state index in [1.165, 1.54) is 6.20 Å². The minimum atomic E-state index is -0.377. The zero-order valence-electron chi connectivity index (χ0n) is 18.1. The molecule has 0 atom stereocenters. The number of nitrogens with zero attached hydrogens (tertiary/aromatic N) is 3. The summed E-state index contributed by atoms with van der Waals surface area (Å²) in [5.41, 5.74) is 5.22. The van der Waals surface area contributed by atoms with E-state index in [4.69, 9.17) is 4.52 Å². The molecule has 2 aromatic heterocycles. The Balaban J connectivity index is 1.58. The maximum atomic E-state index is 13.1. The van der Waals surface area contributed by atoms with Crippen LogP contribution in [0, 0.1) is 6.92 Å². The van der Waals surface area contributed by atoms with E-state index in [0.717, 1.165) is 35.4 Å². The zero-order chi connectivity index (χ0) is 22.5. The van der Waals surface area contributed by atoms with Gasteiger partial charge in [0.15, 0.2) is 5.69 Å². The Bertz CT molecular complexity index is 1190. The molecule has 7 nitrogen and oxygen atoms in total. The fourth-order valence-corrected chi connectivity index (χ4v) is 3.19. The summed E-state index contributed by atoms with van der Waals surface area (Å²) in [6.45, 7) is 7.49. The summed E-state index contributed by atoms with van der Waals surface area (Å²) in [6.07, 6.45) is 7.12. The Morgan fingerprint density at radius 1 is 1.19 bits per heavy atom. The van der Waals surface area contributed by atoms with Crippen molar-refractivity contribution in [1.29, 1.82) is 0 Å². The summed E-state index contributed by atoms with van der Waals surface area (Å²) in [6, 6.07) is 13.5. The highest BCUT2D eigenvalue weighted by atomic mass is 16.5. The average molecular weight is 428 g/mol. The van der Waals surface area contributed by atoms with Crippen molar-refractivity contribution in [2.45, 2.75) is 32.6 Å². The number of pyridine rings is 1. The van der Waals surface area contributed by atoms with E-state index >= 15 is 0 Å². The van der Waals surface area contributed by atoms with Crippen molar-refractivity contribution in [2.24, 2.45) is 4.99 Å². The summed E-state index contributed by atoms with van der Waals surface area (Å²) in [5.74, 6) is 0.296. The molecule has 162 valence electrons. The van der Waals surface area contributed by atoms with Gasteiger partial charge in [-0.1, -0.05) is 47.6 Å². The van der Waals surface area contributed by atoms with Crippen molar-refractivity contribution in [3.05, 3.63) is 84.0 Å². The number of rotatable bonds is 8. The van der Waals surface area contributed by atoms with Gasteiger partial charge in [-0.15, -0.1) is 0 Å². The highest BCUT2D eigenvalue weighted by Gasteiger charge is 2.27. The second-order valence-corrected chi connectivity index (χ2v) is 7.63. The minimum absolute atomic E-state index is 0.259. The Morgan fingerprint density at radius 3 is 2.66 bits per heavy atom. The van der Waals surface area contributed by atoms with Crippen LogP contribution in [0.25, 0.3) is 11.3 Å². The predicted molar refractivity (Wildman–Crippen MR) is 127 cm³/mol. The SMILES string of the molecule is C=CN=C/C(=C\C)Nc1ccc(C2CC2)nc1C(=O)Nc1cc(-c2ccc(C)cc2)no1. The molecule has 0 bridgehead atoms. The molecule has 1 aliphatic carbocycles. The first-order chi connectivity index (χ1) is 15.6. The summed E-state index contributed by atoms with van der Waals surface area (Å²) in [5, 5.41) is 10.1. The quantitative estimate of drug-likeness (QED) is 0.450. The number of carbonyl (C=O) groups is 1. The number of nitrogens with one attached hydrogen (secondary N) is 2. The van der Waals surface area contributed by atoms with E-state index in [2.05, 4.69) is 32.3 Å². The number of aliphatic imine (C=N–C) groups is 1.